The van der Waals surface area contributed by atoms with Gasteiger partial charge >= 0.3 is 0 Å². The van der Waals surface area contributed by atoms with Gasteiger partial charge in [0.25, 0.3) is 0 Å². The average Bonchev–Trinajstić information content (AvgIpc) is 2.95. The summed E-state index contributed by atoms with van der Waals surface area (Å²) in [5.41, 5.74) is 3.31. The molecule has 1 N–H and O–H groups in total. The zero-order chi connectivity index (χ0) is 15.2. The van der Waals surface area contributed by atoms with Gasteiger partial charge in [-0.15, -0.1) is 0 Å². The number of rotatable bonds is 2. The largest absolute Gasteiger partial charge is 0.318 e. The van der Waals surface area contributed by atoms with Crippen molar-refractivity contribution in [3.8, 4) is 0 Å². The number of hydrogen-bond donors (Lipinski definition) is 1. The lowest BCUT2D eigenvalue weighted by Gasteiger charge is -2.30. The number of nitrogens with zero attached hydrogens (tertiary/aromatic N) is 1. The summed E-state index contributed by atoms with van der Waals surface area (Å²) in [5.74, 6) is 0.256. The van der Waals surface area contributed by atoms with Gasteiger partial charge in [-0.3, -0.25) is 10.1 Å². The molecule has 3 rings (SSSR count). The lowest BCUT2D eigenvalue weighted by Crippen LogP contribution is -2.40. The highest BCUT2D eigenvalue weighted by atomic mass is 32.2. The Balaban J connectivity index is 1.94. The third-order valence-electron chi connectivity index (χ3n) is 4.34. The highest BCUT2D eigenvalue weighted by Gasteiger charge is 2.42. The van der Waals surface area contributed by atoms with Crippen molar-refractivity contribution in [1.82, 2.24) is 10.2 Å². The van der Waals surface area contributed by atoms with E-state index in [1.54, 1.807) is 4.90 Å². The number of hydrogen-bond acceptors (Lipinski definition) is 4. The fourth-order valence-electron chi connectivity index (χ4n) is 3.24. The van der Waals surface area contributed by atoms with E-state index in [9.17, 15) is 13.2 Å². The van der Waals surface area contributed by atoms with Gasteiger partial charge in [-0.2, -0.15) is 0 Å². The zero-order valence-corrected chi connectivity index (χ0v) is 13.1. The number of carbonyl (C=O) groups is 1. The third kappa shape index (κ3) is 2.70. The average molecular weight is 308 g/mol. The lowest BCUT2D eigenvalue weighted by atomic mass is 10.0. The molecule has 6 heteroatoms. The quantitative estimate of drug-likeness (QED) is 0.882. The normalized spacial score (nSPS) is 28.3. The van der Waals surface area contributed by atoms with E-state index < -0.39 is 9.84 Å². The molecule has 21 heavy (non-hydrogen) atoms. The molecule has 0 saturated carbocycles. The Morgan fingerprint density at radius 2 is 2.05 bits per heavy atom. The number of amides is 1. The number of benzene rings is 1. The van der Waals surface area contributed by atoms with Crippen LogP contribution in [0.5, 0.6) is 0 Å². The van der Waals surface area contributed by atoms with Crippen LogP contribution in [0.3, 0.4) is 0 Å². The van der Waals surface area contributed by atoms with Crippen molar-refractivity contribution >= 4 is 15.7 Å². The topological polar surface area (TPSA) is 66.5 Å². The number of carbonyl (C=O) groups excluding carboxylic acids is 1. The number of aryl methyl sites for hydroxylation is 2. The van der Waals surface area contributed by atoms with Gasteiger partial charge < -0.3 is 4.90 Å². The van der Waals surface area contributed by atoms with Crippen LogP contribution in [0.25, 0.3) is 0 Å². The second kappa shape index (κ2) is 5.10. The molecule has 0 aliphatic carbocycles. The first kappa shape index (κ1) is 14.5. The molecular weight excluding hydrogens is 288 g/mol. The van der Waals surface area contributed by atoms with Gasteiger partial charge in [-0.1, -0.05) is 23.8 Å². The number of nitrogens with one attached hydrogen (secondary N) is 1. The summed E-state index contributed by atoms with van der Waals surface area (Å²) in [6, 6.07) is 5.95. The second-order valence-corrected chi connectivity index (χ2v) is 8.23. The SMILES string of the molecule is Cc1ccc(C)c(C2NCC(=O)N2C2CCS(=O)(=O)C2)c1. The van der Waals surface area contributed by atoms with Crippen molar-refractivity contribution in [2.75, 3.05) is 18.1 Å². The fourth-order valence-corrected chi connectivity index (χ4v) is 4.95. The summed E-state index contributed by atoms with van der Waals surface area (Å²) < 4.78 is 23.4. The molecule has 2 atom stereocenters. The molecule has 1 aromatic rings. The first-order valence-electron chi connectivity index (χ1n) is 7.19. The van der Waals surface area contributed by atoms with Crippen LogP contribution in [0.1, 0.15) is 29.3 Å². The molecule has 0 spiro atoms. The highest BCUT2D eigenvalue weighted by molar-refractivity contribution is 7.91. The van der Waals surface area contributed by atoms with Gasteiger partial charge in [0.2, 0.25) is 5.91 Å². The van der Waals surface area contributed by atoms with Crippen LogP contribution in [-0.4, -0.2) is 43.3 Å². The molecule has 2 aliphatic heterocycles. The summed E-state index contributed by atoms with van der Waals surface area (Å²) >= 11 is 0. The molecule has 1 amide bonds. The molecule has 2 aliphatic rings. The Hall–Kier alpha value is -1.40. The van der Waals surface area contributed by atoms with Crippen LogP contribution in [0.4, 0.5) is 0 Å². The van der Waals surface area contributed by atoms with E-state index in [1.807, 2.05) is 26.0 Å². The predicted molar refractivity (Wildman–Crippen MR) is 80.6 cm³/mol. The third-order valence-corrected chi connectivity index (χ3v) is 6.09. The molecule has 0 aromatic heterocycles. The Labute approximate surface area is 125 Å². The van der Waals surface area contributed by atoms with Crippen molar-refractivity contribution < 1.29 is 13.2 Å². The van der Waals surface area contributed by atoms with Gasteiger partial charge in [0, 0.05) is 6.04 Å². The molecule has 5 nitrogen and oxygen atoms in total. The predicted octanol–water partition coefficient (Wildman–Crippen LogP) is 0.921. The summed E-state index contributed by atoms with van der Waals surface area (Å²) in [6.07, 6.45) is 0.326. The van der Waals surface area contributed by atoms with E-state index >= 15 is 0 Å². The van der Waals surface area contributed by atoms with Crippen LogP contribution in [-0.2, 0) is 14.6 Å². The summed E-state index contributed by atoms with van der Waals surface area (Å²) in [5, 5.41) is 3.23. The maximum atomic E-state index is 12.2. The summed E-state index contributed by atoms with van der Waals surface area (Å²) in [7, 11) is -3.00. The first-order valence-corrected chi connectivity index (χ1v) is 9.02. The maximum Gasteiger partial charge on any atom is 0.238 e. The van der Waals surface area contributed by atoms with E-state index in [2.05, 4.69) is 11.4 Å². The Kier molecular flexibility index (Phi) is 3.53. The minimum Gasteiger partial charge on any atom is -0.318 e. The van der Waals surface area contributed by atoms with Crippen molar-refractivity contribution in [2.45, 2.75) is 32.5 Å². The Morgan fingerprint density at radius 1 is 1.29 bits per heavy atom. The van der Waals surface area contributed by atoms with Gasteiger partial charge in [0.15, 0.2) is 9.84 Å². The van der Waals surface area contributed by atoms with Gasteiger partial charge in [-0.25, -0.2) is 8.42 Å². The van der Waals surface area contributed by atoms with E-state index in [0.29, 0.717) is 6.42 Å². The molecule has 2 saturated heterocycles. The molecule has 114 valence electrons. The second-order valence-electron chi connectivity index (χ2n) is 6.00. The maximum absolute atomic E-state index is 12.2. The van der Waals surface area contributed by atoms with E-state index in [-0.39, 0.29) is 36.2 Å². The van der Waals surface area contributed by atoms with Crippen LogP contribution >= 0.6 is 0 Å². The zero-order valence-electron chi connectivity index (χ0n) is 12.3. The summed E-state index contributed by atoms with van der Waals surface area (Å²) in [4.78, 5) is 14.0. The van der Waals surface area contributed by atoms with E-state index in [4.69, 9.17) is 0 Å². The van der Waals surface area contributed by atoms with Gasteiger partial charge in [0.05, 0.1) is 18.1 Å². The molecule has 2 fully saturated rings. The van der Waals surface area contributed by atoms with Crippen molar-refractivity contribution in [3.63, 3.8) is 0 Å². The first-order chi connectivity index (χ1) is 9.87. The number of sulfone groups is 1. The van der Waals surface area contributed by atoms with Gasteiger partial charge in [0.1, 0.15) is 6.17 Å². The van der Waals surface area contributed by atoms with Crippen molar-refractivity contribution in [2.24, 2.45) is 0 Å². The molecule has 2 unspecified atom stereocenters. The van der Waals surface area contributed by atoms with Crippen LogP contribution in [0, 0.1) is 13.8 Å². The summed E-state index contributed by atoms with van der Waals surface area (Å²) in [6.45, 7) is 4.31. The molecule has 1 aromatic carbocycles. The highest BCUT2D eigenvalue weighted by Crippen LogP contribution is 2.31. The molecule has 0 bridgehead atoms. The monoisotopic (exact) mass is 308 g/mol. The molecule has 2 heterocycles. The standard InChI is InChI=1S/C15H20N2O3S/c1-10-3-4-11(2)13(7-10)15-16-8-14(18)17(15)12-5-6-21(19,20)9-12/h3-4,7,12,15-16H,5-6,8-9H2,1-2H3. The van der Waals surface area contributed by atoms with Crippen LogP contribution < -0.4 is 5.32 Å². The molecular formula is C15H20N2O3S. The smallest absolute Gasteiger partial charge is 0.238 e. The Bertz CT molecular complexity index is 684. The lowest BCUT2D eigenvalue weighted by molar-refractivity contribution is -0.129. The van der Waals surface area contributed by atoms with Crippen molar-refractivity contribution in [3.05, 3.63) is 34.9 Å². The van der Waals surface area contributed by atoms with Crippen molar-refractivity contribution in [1.29, 1.82) is 0 Å². The Morgan fingerprint density at radius 3 is 2.71 bits per heavy atom. The van der Waals surface area contributed by atoms with E-state index in [1.165, 1.54) is 0 Å². The van der Waals surface area contributed by atoms with E-state index in [0.717, 1.165) is 16.7 Å². The molecule has 0 radical (unpaired) electrons. The fraction of sp³-hybridized carbons (Fsp3) is 0.533. The minimum atomic E-state index is -3.00. The van der Waals surface area contributed by atoms with Gasteiger partial charge in [-0.05, 0) is 31.4 Å². The van der Waals surface area contributed by atoms with Crippen LogP contribution in [0.2, 0.25) is 0 Å². The minimum absolute atomic E-state index is 0.0111. The van der Waals surface area contributed by atoms with Crippen LogP contribution in [0.15, 0.2) is 18.2 Å².